The number of para-hydroxylation sites is 1. The van der Waals surface area contributed by atoms with E-state index in [0.717, 1.165) is 17.7 Å². The van der Waals surface area contributed by atoms with E-state index < -0.39 is 0 Å². The Bertz CT molecular complexity index is 728. The molecular formula is C21H24N2O2. The fourth-order valence-corrected chi connectivity index (χ4v) is 2.92. The summed E-state index contributed by atoms with van der Waals surface area (Å²) in [4.78, 5) is 14.8. The van der Waals surface area contributed by atoms with Crippen molar-refractivity contribution in [1.29, 1.82) is 0 Å². The second-order valence-electron chi connectivity index (χ2n) is 6.22. The zero-order valence-corrected chi connectivity index (χ0v) is 14.7. The van der Waals surface area contributed by atoms with Gasteiger partial charge in [0, 0.05) is 5.69 Å². The molecule has 1 heterocycles. The van der Waals surface area contributed by atoms with Crippen molar-refractivity contribution in [2.75, 3.05) is 11.9 Å². The molecule has 0 aliphatic carbocycles. The summed E-state index contributed by atoms with van der Waals surface area (Å²) in [5.74, 6) is 0. The van der Waals surface area contributed by atoms with Crippen molar-refractivity contribution in [3.63, 3.8) is 0 Å². The van der Waals surface area contributed by atoms with Gasteiger partial charge in [-0.3, -0.25) is 4.90 Å². The Labute approximate surface area is 149 Å². The first-order valence-electron chi connectivity index (χ1n) is 8.67. The quantitative estimate of drug-likeness (QED) is 0.801. The molecule has 2 aromatic carbocycles. The highest BCUT2D eigenvalue weighted by Crippen LogP contribution is 2.32. The summed E-state index contributed by atoms with van der Waals surface area (Å²) in [6.45, 7) is 4.65. The van der Waals surface area contributed by atoms with Crippen LogP contribution in [0.15, 0.2) is 72.3 Å². The number of hydrogen-bond acceptors (Lipinski definition) is 2. The number of hydrogen-bond donors (Lipinski definition) is 1. The van der Waals surface area contributed by atoms with E-state index in [2.05, 4.69) is 19.2 Å². The molecule has 0 saturated carbocycles. The van der Waals surface area contributed by atoms with Crippen LogP contribution in [-0.4, -0.2) is 23.8 Å². The molecule has 0 aromatic heterocycles. The highest BCUT2D eigenvalue weighted by Gasteiger charge is 2.37. The van der Waals surface area contributed by atoms with E-state index in [1.165, 1.54) is 5.57 Å². The van der Waals surface area contributed by atoms with Gasteiger partial charge in [-0.2, -0.15) is 0 Å². The number of ether oxygens (including phenoxy) is 1. The zero-order chi connectivity index (χ0) is 17.6. The van der Waals surface area contributed by atoms with Gasteiger partial charge in [-0.05, 0) is 37.1 Å². The highest BCUT2D eigenvalue weighted by atomic mass is 16.5. The molecule has 1 fully saturated rings. The predicted molar refractivity (Wildman–Crippen MR) is 100 cm³/mol. The molecule has 4 nitrogen and oxygen atoms in total. The Morgan fingerprint density at radius 1 is 1.16 bits per heavy atom. The lowest BCUT2D eigenvalue weighted by molar-refractivity contribution is 0.0887. The molecule has 1 N–H and O–H groups in total. The van der Waals surface area contributed by atoms with Crippen LogP contribution in [0, 0.1) is 0 Å². The first kappa shape index (κ1) is 17.2. The fraction of sp³-hybridized carbons (Fsp3) is 0.286. The maximum Gasteiger partial charge on any atom is 0.324 e. The Morgan fingerprint density at radius 3 is 2.44 bits per heavy atom. The Morgan fingerprint density at radius 2 is 1.80 bits per heavy atom. The maximum absolute atomic E-state index is 13.0. The maximum atomic E-state index is 13.0. The molecule has 1 aliphatic heterocycles. The van der Waals surface area contributed by atoms with Crippen molar-refractivity contribution in [3.05, 3.63) is 77.9 Å². The zero-order valence-electron chi connectivity index (χ0n) is 14.7. The van der Waals surface area contributed by atoms with E-state index in [4.69, 9.17) is 4.74 Å². The lowest BCUT2D eigenvalue weighted by Gasteiger charge is -2.27. The van der Waals surface area contributed by atoms with Crippen molar-refractivity contribution in [3.8, 4) is 0 Å². The largest absolute Gasteiger partial charge is 0.352 e. The third-order valence-corrected chi connectivity index (χ3v) is 4.46. The standard InChI is InChI=1S/C21H24N2O2/c1-3-16(2)14-20-23(21(24)22-18-12-8-5-9-13-18)19(15-25-20)17-10-6-4-7-11-17/h4-14,19-20H,3,15H2,1-2H3,(H,22,24)/b16-14-/t19-,20+/m1/s1. The van der Waals surface area contributed by atoms with Crippen molar-refractivity contribution >= 4 is 11.7 Å². The van der Waals surface area contributed by atoms with Crippen molar-refractivity contribution < 1.29 is 9.53 Å². The number of urea groups is 1. The summed E-state index contributed by atoms with van der Waals surface area (Å²) >= 11 is 0. The molecule has 25 heavy (non-hydrogen) atoms. The van der Waals surface area contributed by atoms with Gasteiger partial charge in [0.25, 0.3) is 0 Å². The Balaban J connectivity index is 1.87. The first-order chi connectivity index (χ1) is 12.2. The lowest BCUT2D eigenvalue weighted by atomic mass is 10.1. The third-order valence-electron chi connectivity index (χ3n) is 4.46. The molecule has 2 atom stereocenters. The monoisotopic (exact) mass is 336 g/mol. The smallest absolute Gasteiger partial charge is 0.324 e. The Kier molecular flexibility index (Phi) is 5.51. The number of benzene rings is 2. The summed E-state index contributed by atoms with van der Waals surface area (Å²) in [5.41, 5.74) is 3.06. The molecule has 0 bridgehead atoms. The van der Waals surface area contributed by atoms with Crippen LogP contribution < -0.4 is 5.32 Å². The average Bonchev–Trinajstić information content (AvgIpc) is 3.06. The summed E-state index contributed by atoms with van der Waals surface area (Å²) in [7, 11) is 0. The van der Waals surface area contributed by atoms with Crippen LogP contribution in [0.3, 0.4) is 0 Å². The molecule has 0 unspecified atom stereocenters. The van der Waals surface area contributed by atoms with Gasteiger partial charge in [0.2, 0.25) is 0 Å². The van der Waals surface area contributed by atoms with Crippen molar-refractivity contribution in [2.45, 2.75) is 32.5 Å². The third kappa shape index (κ3) is 4.09. The number of carbonyl (C=O) groups is 1. The minimum absolute atomic E-state index is 0.101. The number of rotatable bonds is 4. The molecule has 4 heteroatoms. The molecule has 2 amide bonds. The second-order valence-corrected chi connectivity index (χ2v) is 6.22. The second kappa shape index (κ2) is 7.99. The minimum Gasteiger partial charge on any atom is -0.352 e. The SMILES string of the molecule is CC/C(C)=C\[C@@H]1OC[C@H](c2ccccc2)N1C(=O)Nc1ccccc1. The van der Waals surface area contributed by atoms with Crippen LogP contribution in [-0.2, 0) is 4.74 Å². The topological polar surface area (TPSA) is 41.6 Å². The van der Waals surface area contributed by atoms with E-state index in [1.807, 2.05) is 66.7 Å². The van der Waals surface area contributed by atoms with Crippen LogP contribution in [0.25, 0.3) is 0 Å². The van der Waals surface area contributed by atoms with Gasteiger partial charge in [-0.1, -0.05) is 61.0 Å². The van der Waals surface area contributed by atoms with E-state index in [9.17, 15) is 4.79 Å². The summed E-state index contributed by atoms with van der Waals surface area (Å²) < 4.78 is 5.95. The van der Waals surface area contributed by atoms with E-state index in [1.54, 1.807) is 4.90 Å². The summed E-state index contributed by atoms with van der Waals surface area (Å²) in [6, 6.07) is 19.3. The molecule has 1 aliphatic rings. The highest BCUT2D eigenvalue weighted by molar-refractivity contribution is 5.90. The van der Waals surface area contributed by atoms with E-state index >= 15 is 0 Å². The van der Waals surface area contributed by atoms with Gasteiger partial charge in [-0.25, -0.2) is 4.79 Å². The predicted octanol–water partition coefficient (Wildman–Crippen LogP) is 4.97. The van der Waals surface area contributed by atoms with E-state index in [-0.39, 0.29) is 18.3 Å². The molecule has 3 rings (SSSR count). The van der Waals surface area contributed by atoms with Crippen LogP contribution in [0.4, 0.5) is 10.5 Å². The first-order valence-corrected chi connectivity index (χ1v) is 8.67. The van der Waals surface area contributed by atoms with Crippen LogP contribution in [0.5, 0.6) is 0 Å². The average molecular weight is 336 g/mol. The Hall–Kier alpha value is -2.59. The summed E-state index contributed by atoms with van der Waals surface area (Å²) in [6.07, 6.45) is 2.62. The van der Waals surface area contributed by atoms with Gasteiger partial charge < -0.3 is 10.1 Å². The number of nitrogens with zero attached hydrogens (tertiary/aromatic N) is 1. The molecule has 130 valence electrons. The molecular weight excluding hydrogens is 312 g/mol. The minimum atomic E-state index is -0.353. The van der Waals surface area contributed by atoms with Gasteiger partial charge in [0.1, 0.15) is 0 Å². The number of nitrogens with one attached hydrogen (secondary N) is 1. The van der Waals surface area contributed by atoms with Crippen molar-refractivity contribution in [2.24, 2.45) is 0 Å². The van der Waals surface area contributed by atoms with Gasteiger partial charge >= 0.3 is 6.03 Å². The summed E-state index contributed by atoms with van der Waals surface area (Å²) in [5, 5.41) is 2.98. The molecule has 1 saturated heterocycles. The molecule has 2 aromatic rings. The van der Waals surface area contributed by atoms with E-state index in [0.29, 0.717) is 6.61 Å². The van der Waals surface area contributed by atoms with Gasteiger partial charge in [0.15, 0.2) is 6.23 Å². The normalized spacial score (nSPS) is 20.6. The van der Waals surface area contributed by atoms with Crippen LogP contribution in [0.1, 0.15) is 31.9 Å². The lowest BCUT2D eigenvalue weighted by Crippen LogP contribution is -2.40. The van der Waals surface area contributed by atoms with Gasteiger partial charge in [-0.15, -0.1) is 0 Å². The van der Waals surface area contributed by atoms with Crippen molar-refractivity contribution in [1.82, 2.24) is 4.90 Å². The van der Waals surface area contributed by atoms with Crippen LogP contribution >= 0.6 is 0 Å². The number of amides is 2. The molecule has 0 spiro atoms. The number of carbonyl (C=O) groups excluding carboxylic acids is 1. The molecule has 0 radical (unpaired) electrons. The fourth-order valence-electron chi connectivity index (χ4n) is 2.92. The van der Waals surface area contributed by atoms with Gasteiger partial charge in [0.05, 0.1) is 12.6 Å². The number of allylic oxidation sites excluding steroid dienone is 1. The number of anilines is 1. The van der Waals surface area contributed by atoms with Crippen LogP contribution in [0.2, 0.25) is 0 Å².